The number of benzene rings is 2. The van der Waals surface area contributed by atoms with Crippen LogP contribution < -0.4 is 5.32 Å². The van der Waals surface area contributed by atoms with Crippen molar-refractivity contribution < 1.29 is 39.2 Å². The lowest BCUT2D eigenvalue weighted by molar-refractivity contribution is -0.137. The van der Waals surface area contributed by atoms with Crippen LogP contribution >= 0.6 is 0 Å². The molecule has 0 bridgehead atoms. The molecule has 0 spiro atoms. The maximum absolute atomic E-state index is 15.6. The number of hydrogen-bond donors (Lipinski definition) is 1. The Morgan fingerprint density at radius 2 is 1.50 bits per heavy atom. The van der Waals surface area contributed by atoms with Crippen LogP contribution in [0.25, 0.3) is 0 Å². The van der Waals surface area contributed by atoms with Gasteiger partial charge in [-0.3, -0.25) is 4.79 Å². The van der Waals surface area contributed by atoms with Gasteiger partial charge in [0.2, 0.25) is 20.7 Å². The third kappa shape index (κ3) is 5.15. The Balaban J connectivity index is 1.74. The minimum absolute atomic E-state index is 0.0625. The number of halogens is 4. The molecule has 1 amide bonds. The molecule has 2 aromatic carbocycles. The molecule has 198 valence electrons. The SMILES string of the molecule is Cc1cccc(S(=O)(=O)C2(F)CCC(NC(=O)C(C)(C)S(=O)(=O)c3cccc(C(F)(F)F)c3)CC2)c1. The van der Waals surface area contributed by atoms with Crippen LogP contribution in [-0.2, 0) is 30.6 Å². The number of nitrogens with one attached hydrogen (secondary N) is 1. The van der Waals surface area contributed by atoms with E-state index in [0.29, 0.717) is 11.6 Å². The van der Waals surface area contributed by atoms with E-state index < -0.39 is 70.8 Å². The second-order valence-electron chi connectivity index (χ2n) is 9.49. The topological polar surface area (TPSA) is 97.4 Å². The number of rotatable bonds is 6. The third-order valence-corrected chi connectivity index (χ3v) is 11.2. The zero-order chi connectivity index (χ0) is 27.2. The van der Waals surface area contributed by atoms with Crippen molar-refractivity contribution in [3.8, 4) is 0 Å². The zero-order valence-corrected chi connectivity index (χ0v) is 21.5. The summed E-state index contributed by atoms with van der Waals surface area (Å²) < 4.78 is 105. The van der Waals surface area contributed by atoms with Crippen molar-refractivity contribution in [3.63, 3.8) is 0 Å². The van der Waals surface area contributed by atoms with Gasteiger partial charge in [0.25, 0.3) is 0 Å². The van der Waals surface area contributed by atoms with E-state index >= 15 is 4.39 Å². The number of aryl methyl sites for hydroxylation is 1. The normalized spacial score (nSPS) is 21.7. The summed E-state index contributed by atoms with van der Waals surface area (Å²) in [5.74, 6) is -0.974. The van der Waals surface area contributed by atoms with Crippen molar-refractivity contribution >= 4 is 25.6 Å². The maximum Gasteiger partial charge on any atom is 0.416 e. The van der Waals surface area contributed by atoms with Crippen LogP contribution in [0.3, 0.4) is 0 Å². The first kappa shape index (κ1) is 28.1. The Labute approximate surface area is 207 Å². The van der Waals surface area contributed by atoms with Crippen LogP contribution in [0.15, 0.2) is 58.3 Å². The Morgan fingerprint density at radius 1 is 0.944 bits per heavy atom. The molecule has 2 aromatic rings. The van der Waals surface area contributed by atoms with Crippen molar-refractivity contribution in [2.24, 2.45) is 0 Å². The van der Waals surface area contributed by atoms with Gasteiger partial charge < -0.3 is 5.32 Å². The van der Waals surface area contributed by atoms with Gasteiger partial charge in [-0.15, -0.1) is 0 Å². The van der Waals surface area contributed by atoms with Gasteiger partial charge in [-0.1, -0.05) is 18.2 Å². The molecule has 1 fully saturated rings. The van der Waals surface area contributed by atoms with E-state index in [1.54, 1.807) is 13.0 Å². The van der Waals surface area contributed by atoms with Crippen LogP contribution in [0.4, 0.5) is 17.6 Å². The quantitative estimate of drug-likeness (QED) is 0.524. The van der Waals surface area contributed by atoms with Crippen LogP contribution in [0.2, 0.25) is 0 Å². The molecule has 6 nitrogen and oxygen atoms in total. The average Bonchev–Trinajstić information content (AvgIpc) is 2.80. The van der Waals surface area contributed by atoms with Gasteiger partial charge in [-0.25, -0.2) is 21.2 Å². The molecular formula is C24H27F4NO5S2. The maximum atomic E-state index is 15.6. The predicted octanol–water partition coefficient (Wildman–Crippen LogP) is 4.76. The fourth-order valence-corrected chi connectivity index (χ4v) is 7.30. The summed E-state index contributed by atoms with van der Waals surface area (Å²) in [5, 5.41) is -0.0239. The minimum Gasteiger partial charge on any atom is -0.352 e. The van der Waals surface area contributed by atoms with E-state index in [4.69, 9.17) is 0 Å². The average molecular weight is 550 g/mol. The number of carbonyl (C=O) groups is 1. The highest BCUT2D eigenvalue weighted by Gasteiger charge is 2.49. The van der Waals surface area contributed by atoms with Crippen LogP contribution in [0.1, 0.15) is 50.7 Å². The Hall–Kier alpha value is -2.47. The summed E-state index contributed by atoms with van der Waals surface area (Å²) in [6.07, 6.45) is -5.71. The lowest BCUT2D eigenvalue weighted by atomic mass is 9.93. The van der Waals surface area contributed by atoms with E-state index in [1.165, 1.54) is 18.2 Å². The van der Waals surface area contributed by atoms with Gasteiger partial charge in [-0.2, -0.15) is 13.2 Å². The molecule has 0 saturated heterocycles. The predicted molar refractivity (Wildman–Crippen MR) is 125 cm³/mol. The Morgan fingerprint density at radius 3 is 2.06 bits per heavy atom. The lowest BCUT2D eigenvalue weighted by Crippen LogP contribution is -2.53. The molecule has 0 aliphatic heterocycles. The summed E-state index contributed by atoms with van der Waals surface area (Å²) in [7, 11) is -8.85. The van der Waals surface area contributed by atoms with Crippen molar-refractivity contribution in [2.45, 2.75) is 78.2 Å². The highest BCUT2D eigenvalue weighted by Crippen LogP contribution is 2.41. The summed E-state index contributed by atoms with van der Waals surface area (Å²) in [5.41, 5.74) is -0.508. The molecule has 0 unspecified atom stereocenters. The van der Waals surface area contributed by atoms with Crippen molar-refractivity contribution in [1.82, 2.24) is 5.32 Å². The summed E-state index contributed by atoms with van der Waals surface area (Å²) in [6, 6.07) is 8.32. The first-order valence-corrected chi connectivity index (χ1v) is 14.1. The van der Waals surface area contributed by atoms with Gasteiger partial charge in [0.15, 0.2) is 9.84 Å². The van der Waals surface area contributed by atoms with Crippen molar-refractivity contribution in [3.05, 3.63) is 59.7 Å². The van der Waals surface area contributed by atoms with Crippen LogP contribution in [-0.4, -0.2) is 38.5 Å². The molecule has 1 N–H and O–H groups in total. The molecule has 0 atom stereocenters. The summed E-state index contributed by atoms with van der Waals surface area (Å²) in [4.78, 5) is 12.1. The van der Waals surface area contributed by atoms with E-state index in [-0.39, 0.29) is 17.7 Å². The van der Waals surface area contributed by atoms with Gasteiger partial charge in [0.05, 0.1) is 15.4 Å². The Kier molecular flexibility index (Phi) is 7.37. The fraction of sp³-hybridized carbons (Fsp3) is 0.458. The molecule has 0 heterocycles. The number of hydrogen-bond acceptors (Lipinski definition) is 5. The van der Waals surface area contributed by atoms with E-state index in [1.807, 2.05) is 0 Å². The molecule has 0 aromatic heterocycles. The Bertz CT molecular complexity index is 1360. The molecule has 1 aliphatic rings. The van der Waals surface area contributed by atoms with Crippen LogP contribution in [0, 0.1) is 6.92 Å². The highest BCUT2D eigenvalue weighted by atomic mass is 32.2. The van der Waals surface area contributed by atoms with Crippen LogP contribution in [0.5, 0.6) is 0 Å². The molecule has 36 heavy (non-hydrogen) atoms. The number of amides is 1. The van der Waals surface area contributed by atoms with Gasteiger partial charge in [-0.05, 0) is 82.3 Å². The van der Waals surface area contributed by atoms with Crippen molar-refractivity contribution in [1.29, 1.82) is 0 Å². The standard InChI is InChI=1S/C24H27F4NO5S2/c1-16-6-4-8-19(14-16)36(33,34)23(25)12-10-18(11-13-23)29-21(30)22(2,3)35(31,32)20-9-5-7-17(15-20)24(26,27)28/h4-9,14-15,18H,10-13H2,1-3H3,(H,29,30). The lowest BCUT2D eigenvalue weighted by Gasteiger charge is -2.35. The molecule has 0 radical (unpaired) electrons. The zero-order valence-electron chi connectivity index (χ0n) is 19.9. The monoisotopic (exact) mass is 549 g/mol. The van der Waals surface area contributed by atoms with E-state index in [9.17, 15) is 34.8 Å². The second kappa shape index (κ2) is 9.44. The fourth-order valence-electron chi connectivity index (χ4n) is 4.07. The highest BCUT2D eigenvalue weighted by molar-refractivity contribution is 7.93. The minimum atomic E-state index is -4.77. The smallest absolute Gasteiger partial charge is 0.352 e. The first-order chi connectivity index (χ1) is 16.4. The number of carbonyl (C=O) groups excluding carboxylic acids is 1. The van der Waals surface area contributed by atoms with Gasteiger partial charge >= 0.3 is 6.18 Å². The first-order valence-electron chi connectivity index (χ1n) is 11.1. The van der Waals surface area contributed by atoms with Gasteiger partial charge in [0, 0.05) is 6.04 Å². The van der Waals surface area contributed by atoms with Gasteiger partial charge in [0.1, 0.15) is 4.75 Å². The summed E-state index contributed by atoms with van der Waals surface area (Å²) in [6.45, 7) is 3.83. The van der Waals surface area contributed by atoms with Crippen molar-refractivity contribution in [2.75, 3.05) is 0 Å². The summed E-state index contributed by atoms with van der Waals surface area (Å²) >= 11 is 0. The second-order valence-corrected chi connectivity index (χ2v) is 14.2. The molecular weight excluding hydrogens is 522 g/mol. The molecule has 1 saturated carbocycles. The van der Waals surface area contributed by atoms with E-state index in [2.05, 4.69) is 5.32 Å². The molecule has 12 heteroatoms. The molecule has 1 aliphatic carbocycles. The number of sulfone groups is 2. The number of alkyl halides is 4. The third-order valence-electron chi connectivity index (χ3n) is 6.54. The van der Waals surface area contributed by atoms with E-state index in [0.717, 1.165) is 32.0 Å². The molecule has 3 rings (SSSR count). The largest absolute Gasteiger partial charge is 0.416 e.